The third-order valence-electron chi connectivity index (χ3n) is 2.73. The Labute approximate surface area is 104 Å². The van der Waals surface area contributed by atoms with E-state index in [4.69, 9.17) is 28.9 Å². The fourth-order valence-corrected chi connectivity index (χ4v) is 3.48. The summed E-state index contributed by atoms with van der Waals surface area (Å²) < 4.78 is 0. The minimum atomic E-state index is 0.0831. The van der Waals surface area contributed by atoms with E-state index in [9.17, 15) is 0 Å². The van der Waals surface area contributed by atoms with Crippen LogP contribution in [0.15, 0.2) is 12.1 Å². The molecule has 0 bridgehead atoms. The molecule has 0 aromatic heterocycles. The summed E-state index contributed by atoms with van der Waals surface area (Å²) in [6.07, 6.45) is 0.996. The highest BCUT2D eigenvalue weighted by atomic mass is 35.5. The standard InChI is InChI=1S/C11H13Cl2NS/c1-6-4-10(14)7-2-3-9(12)11(13)8(7)5-15-6/h2-3,6,10H,4-5,14H2,1H3/t6?,10-/m1/s1. The van der Waals surface area contributed by atoms with Crippen molar-refractivity contribution < 1.29 is 0 Å². The van der Waals surface area contributed by atoms with E-state index in [1.165, 1.54) is 0 Å². The van der Waals surface area contributed by atoms with Crippen LogP contribution in [0.5, 0.6) is 0 Å². The van der Waals surface area contributed by atoms with Crippen LogP contribution < -0.4 is 5.73 Å². The highest BCUT2D eigenvalue weighted by molar-refractivity contribution is 7.99. The smallest absolute Gasteiger partial charge is 0.0636 e. The summed E-state index contributed by atoms with van der Waals surface area (Å²) in [7, 11) is 0. The van der Waals surface area contributed by atoms with Gasteiger partial charge in [0.2, 0.25) is 0 Å². The summed E-state index contributed by atoms with van der Waals surface area (Å²) in [6.45, 7) is 2.20. The molecular weight excluding hydrogens is 249 g/mol. The van der Waals surface area contributed by atoms with Gasteiger partial charge in [0.25, 0.3) is 0 Å². The predicted octanol–water partition coefficient (Wildman–Crippen LogP) is 4.02. The monoisotopic (exact) mass is 261 g/mol. The Hall–Kier alpha value is 0.110. The number of nitrogens with two attached hydrogens (primary N) is 1. The Balaban J connectivity index is 2.48. The third kappa shape index (κ3) is 2.28. The fourth-order valence-electron chi connectivity index (χ4n) is 1.88. The van der Waals surface area contributed by atoms with Gasteiger partial charge >= 0.3 is 0 Å². The number of halogens is 2. The SMILES string of the molecule is CC1C[C@@H](N)c2ccc(Cl)c(Cl)c2CS1. The molecule has 1 nitrogen and oxygen atoms in total. The van der Waals surface area contributed by atoms with E-state index in [0.29, 0.717) is 15.3 Å². The maximum absolute atomic E-state index is 6.20. The highest BCUT2D eigenvalue weighted by Gasteiger charge is 2.22. The summed E-state index contributed by atoms with van der Waals surface area (Å²) in [5, 5.41) is 1.87. The average Bonchev–Trinajstić information content (AvgIpc) is 2.32. The van der Waals surface area contributed by atoms with Crippen molar-refractivity contribution in [2.75, 3.05) is 0 Å². The number of hydrogen-bond donors (Lipinski definition) is 1. The average molecular weight is 262 g/mol. The molecule has 0 aliphatic carbocycles. The summed E-state index contributed by atoms with van der Waals surface area (Å²) in [4.78, 5) is 0. The van der Waals surface area contributed by atoms with Gasteiger partial charge in [-0.05, 0) is 23.6 Å². The van der Waals surface area contributed by atoms with Crippen LogP contribution >= 0.6 is 35.0 Å². The van der Waals surface area contributed by atoms with Crippen molar-refractivity contribution in [3.05, 3.63) is 33.3 Å². The van der Waals surface area contributed by atoms with Crippen LogP contribution in [0.3, 0.4) is 0 Å². The fraction of sp³-hybridized carbons (Fsp3) is 0.455. The van der Waals surface area contributed by atoms with Crippen molar-refractivity contribution >= 4 is 35.0 Å². The minimum Gasteiger partial charge on any atom is -0.324 e. The molecule has 1 aromatic carbocycles. The lowest BCUT2D eigenvalue weighted by atomic mass is 9.98. The number of hydrogen-bond acceptors (Lipinski definition) is 2. The largest absolute Gasteiger partial charge is 0.324 e. The van der Waals surface area contributed by atoms with Gasteiger partial charge in [0.15, 0.2) is 0 Å². The van der Waals surface area contributed by atoms with Gasteiger partial charge in [0, 0.05) is 17.0 Å². The van der Waals surface area contributed by atoms with Crippen molar-refractivity contribution in [1.29, 1.82) is 0 Å². The molecule has 1 aliphatic heterocycles. The molecule has 0 radical (unpaired) electrons. The van der Waals surface area contributed by atoms with Crippen molar-refractivity contribution in [3.8, 4) is 0 Å². The van der Waals surface area contributed by atoms with E-state index in [2.05, 4.69) is 6.92 Å². The molecule has 2 rings (SSSR count). The summed E-state index contributed by atoms with van der Waals surface area (Å²) >= 11 is 14.1. The first kappa shape index (κ1) is 11.6. The summed E-state index contributed by atoms with van der Waals surface area (Å²) in [6, 6.07) is 3.93. The summed E-state index contributed by atoms with van der Waals surface area (Å²) in [5.41, 5.74) is 8.41. The maximum atomic E-state index is 6.20. The van der Waals surface area contributed by atoms with Crippen molar-refractivity contribution in [1.82, 2.24) is 0 Å². The molecule has 1 aliphatic rings. The lowest BCUT2D eigenvalue weighted by molar-refractivity contribution is 0.651. The zero-order valence-corrected chi connectivity index (χ0v) is 10.8. The van der Waals surface area contributed by atoms with Gasteiger partial charge in [-0.1, -0.05) is 36.2 Å². The minimum absolute atomic E-state index is 0.0831. The molecule has 1 heterocycles. The Bertz CT molecular complexity index is 381. The van der Waals surface area contributed by atoms with E-state index < -0.39 is 0 Å². The quantitative estimate of drug-likeness (QED) is 0.764. The van der Waals surface area contributed by atoms with Crippen LogP contribution in [0.25, 0.3) is 0 Å². The first-order chi connectivity index (χ1) is 7.09. The molecule has 82 valence electrons. The molecule has 15 heavy (non-hydrogen) atoms. The summed E-state index contributed by atoms with van der Waals surface area (Å²) in [5.74, 6) is 0.906. The molecule has 1 unspecified atom stereocenters. The van der Waals surface area contributed by atoms with Gasteiger partial charge < -0.3 is 5.73 Å². The highest BCUT2D eigenvalue weighted by Crippen LogP contribution is 2.39. The molecule has 0 saturated carbocycles. The zero-order chi connectivity index (χ0) is 11.0. The second-order valence-electron chi connectivity index (χ2n) is 3.89. The molecule has 2 N–H and O–H groups in total. The number of thioether (sulfide) groups is 1. The van der Waals surface area contributed by atoms with E-state index >= 15 is 0 Å². The van der Waals surface area contributed by atoms with E-state index in [1.807, 2.05) is 23.9 Å². The molecule has 0 spiro atoms. The normalized spacial score (nSPS) is 25.9. The molecule has 0 amide bonds. The maximum Gasteiger partial charge on any atom is 0.0636 e. The lowest BCUT2D eigenvalue weighted by Gasteiger charge is -2.14. The van der Waals surface area contributed by atoms with E-state index in [-0.39, 0.29) is 6.04 Å². The van der Waals surface area contributed by atoms with Crippen LogP contribution in [0.2, 0.25) is 10.0 Å². The topological polar surface area (TPSA) is 26.0 Å². The Kier molecular flexibility index (Phi) is 3.51. The molecule has 2 atom stereocenters. The van der Waals surface area contributed by atoms with Gasteiger partial charge in [-0.25, -0.2) is 0 Å². The van der Waals surface area contributed by atoms with Gasteiger partial charge in [-0.15, -0.1) is 0 Å². The van der Waals surface area contributed by atoms with Crippen LogP contribution in [0, 0.1) is 0 Å². The lowest BCUT2D eigenvalue weighted by Crippen LogP contribution is -2.14. The van der Waals surface area contributed by atoms with Gasteiger partial charge in [-0.3, -0.25) is 0 Å². The number of benzene rings is 1. The van der Waals surface area contributed by atoms with Gasteiger partial charge in [0.1, 0.15) is 0 Å². The van der Waals surface area contributed by atoms with E-state index in [1.54, 1.807) is 0 Å². The predicted molar refractivity (Wildman–Crippen MR) is 68.8 cm³/mol. The first-order valence-corrected chi connectivity index (χ1v) is 6.74. The zero-order valence-electron chi connectivity index (χ0n) is 8.47. The van der Waals surface area contributed by atoms with Gasteiger partial charge in [0.05, 0.1) is 10.0 Å². The molecule has 0 fully saturated rings. The van der Waals surface area contributed by atoms with Crippen molar-refractivity contribution in [2.45, 2.75) is 30.4 Å². The number of rotatable bonds is 0. The van der Waals surface area contributed by atoms with E-state index in [0.717, 1.165) is 23.3 Å². The van der Waals surface area contributed by atoms with Crippen LogP contribution in [-0.4, -0.2) is 5.25 Å². The van der Waals surface area contributed by atoms with Crippen LogP contribution in [-0.2, 0) is 5.75 Å². The van der Waals surface area contributed by atoms with Gasteiger partial charge in [-0.2, -0.15) is 11.8 Å². The Morgan fingerprint density at radius 1 is 1.40 bits per heavy atom. The molecule has 4 heteroatoms. The van der Waals surface area contributed by atoms with Crippen LogP contribution in [0.4, 0.5) is 0 Å². The first-order valence-electron chi connectivity index (χ1n) is 4.93. The molecule has 0 saturated heterocycles. The molecular formula is C11H13Cl2NS. The van der Waals surface area contributed by atoms with Crippen molar-refractivity contribution in [2.24, 2.45) is 5.73 Å². The van der Waals surface area contributed by atoms with Crippen LogP contribution in [0.1, 0.15) is 30.5 Å². The Morgan fingerprint density at radius 2 is 2.13 bits per heavy atom. The third-order valence-corrected chi connectivity index (χ3v) is 4.79. The second kappa shape index (κ2) is 4.54. The second-order valence-corrected chi connectivity index (χ2v) is 6.10. The Morgan fingerprint density at radius 3 is 2.87 bits per heavy atom. The number of fused-ring (bicyclic) bond motifs is 1. The molecule has 1 aromatic rings. The van der Waals surface area contributed by atoms with Crippen molar-refractivity contribution in [3.63, 3.8) is 0 Å².